The molecule has 0 aromatic heterocycles. The summed E-state index contributed by atoms with van der Waals surface area (Å²) in [6.07, 6.45) is 0. The third-order valence-electron chi connectivity index (χ3n) is 5.52. The first-order valence-corrected chi connectivity index (χ1v) is 10.4. The molecule has 1 saturated heterocycles. The Bertz CT molecular complexity index is 856. The van der Waals surface area contributed by atoms with Crippen molar-refractivity contribution in [2.45, 2.75) is 6.54 Å². The maximum Gasteiger partial charge on any atom is 0.275 e. The highest BCUT2D eigenvalue weighted by Gasteiger charge is 2.24. The van der Waals surface area contributed by atoms with Gasteiger partial charge in [0.1, 0.15) is 5.75 Å². The van der Waals surface area contributed by atoms with Crippen LogP contribution in [0.3, 0.4) is 0 Å². The lowest BCUT2D eigenvalue weighted by atomic mass is 10.1. The van der Waals surface area contributed by atoms with Crippen LogP contribution in [0.5, 0.6) is 23.0 Å². The van der Waals surface area contributed by atoms with Crippen LogP contribution in [0, 0.1) is 0 Å². The Balaban J connectivity index is 1.51. The van der Waals surface area contributed by atoms with Crippen molar-refractivity contribution in [2.24, 2.45) is 0 Å². The van der Waals surface area contributed by atoms with E-state index in [0.29, 0.717) is 30.3 Å². The number of anilines is 1. The van der Waals surface area contributed by atoms with E-state index >= 15 is 0 Å². The van der Waals surface area contributed by atoms with Gasteiger partial charge < -0.3 is 34.1 Å². The summed E-state index contributed by atoms with van der Waals surface area (Å²) >= 11 is 0. The smallest absolute Gasteiger partial charge is 0.275 e. The Kier molecular flexibility index (Phi) is 7.83. The number of carbonyl (C=O) groups is 1. The normalized spacial score (nSPS) is 14.1. The van der Waals surface area contributed by atoms with Gasteiger partial charge in [0, 0.05) is 6.54 Å². The van der Waals surface area contributed by atoms with Crippen molar-refractivity contribution >= 4 is 11.6 Å². The molecule has 0 radical (unpaired) electrons. The number of rotatable bonds is 9. The average molecular weight is 431 g/mol. The van der Waals surface area contributed by atoms with Crippen LogP contribution in [-0.4, -0.2) is 67.1 Å². The van der Waals surface area contributed by atoms with Crippen LogP contribution in [0.25, 0.3) is 0 Å². The third kappa shape index (κ3) is 5.52. The maximum absolute atomic E-state index is 12.5. The standard InChI is InChI=1S/C23H31N3O5/c1-28-19-8-6-5-7-18(19)26-11-9-25(10-12-26)16-22(27)24-15-17-13-20(29-2)23(31-4)21(14-17)30-3/h5-8,13-14H,9-12,15-16H2,1-4H3,(H,24,27)/p+1. The first kappa shape index (κ1) is 22.6. The van der Waals surface area contributed by atoms with Gasteiger partial charge in [-0.2, -0.15) is 0 Å². The van der Waals surface area contributed by atoms with E-state index in [1.54, 1.807) is 28.4 Å². The van der Waals surface area contributed by atoms with Crippen LogP contribution < -0.4 is 34.1 Å². The number of para-hydroxylation sites is 2. The highest BCUT2D eigenvalue weighted by atomic mass is 16.5. The van der Waals surface area contributed by atoms with Crippen LogP contribution in [0.2, 0.25) is 0 Å². The van der Waals surface area contributed by atoms with Gasteiger partial charge in [0.25, 0.3) is 5.91 Å². The first-order valence-electron chi connectivity index (χ1n) is 10.4. The Morgan fingerprint density at radius 1 is 0.935 bits per heavy atom. The average Bonchev–Trinajstić information content (AvgIpc) is 2.82. The lowest BCUT2D eigenvalue weighted by Crippen LogP contribution is -3.15. The van der Waals surface area contributed by atoms with Crippen LogP contribution >= 0.6 is 0 Å². The summed E-state index contributed by atoms with van der Waals surface area (Å²) in [7, 11) is 6.41. The molecule has 31 heavy (non-hydrogen) atoms. The quantitative estimate of drug-likeness (QED) is 0.612. The van der Waals surface area contributed by atoms with E-state index in [2.05, 4.69) is 16.3 Å². The summed E-state index contributed by atoms with van der Waals surface area (Å²) in [6, 6.07) is 11.7. The fraction of sp³-hybridized carbons (Fsp3) is 0.435. The van der Waals surface area contributed by atoms with E-state index in [9.17, 15) is 4.79 Å². The minimum atomic E-state index is 0.0227. The van der Waals surface area contributed by atoms with Crippen molar-refractivity contribution in [1.82, 2.24) is 5.32 Å². The molecule has 3 rings (SSSR count). The van der Waals surface area contributed by atoms with E-state index in [1.165, 1.54) is 4.90 Å². The number of ether oxygens (including phenoxy) is 4. The van der Waals surface area contributed by atoms with Crippen molar-refractivity contribution in [3.63, 3.8) is 0 Å². The predicted molar refractivity (Wildman–Crippen MR) is 119 cm³/mol. The van der Waals surface area contributed by atoms with Crippen molar-refractivity contribution in [2.75, 3.05) is 66.1 Å². The van der Waals surface area contributed by atoms with Crippen LogP contribution in [0.15, 0.2) is 36.4 Å². The molecule has 1 heterocycles. The van der Waals surface area contributed by atoms with Crippen LogP contribution in [-0.2, 0) is 11.3 Å². The lowest BCUT2D eigenvalue weighted by molar-refractivity contribution is -0.892. The Hall–Kier alpha value is -3.13. The summed E-state index contributed by atoms with van der Waals surface area (Å²) < 4.78 is 21.6. The second-order valence-corrected chi connectivity index (χ2v) is 7.40. The fourth-order valence-electron chi connectivity index (χ4n) is 3.86. The second-order valence-electron chi connectivity index (χ2n) is 7.40. The molecule has 1 aliphatic rings. The first-order chi connectivity index (χ1) is 15.1. The number of quaternary nitrogens is 1. The number of methoxy groups -OCH3 is 4. The van der Waals surface area contributed by atoms with Crippen molar-refractivity contribution in [3.05, 3.63) is 42.0 Å². The molecule has 0 spiro atoms. The molecule has 0 unspecified atom stereocenters. The molecule has 0 aliphatic carbocycles. The molecule has 168 valence electrons. The lowest BCUT2D eigenvalue weighted by Gasteiger charge is -2.34. The largest absolute Gasteiger partial charge is 0.495 e. The van der Waals surface area contributed by atoms with E-state index < -0.39 is 0 Å². The molecule has 1 fully saturated rings. The zero-order valence-electron chi connectivity index (χ0n) is 18.7. The topological polar surface area (TPSA) is 73.7 Å². The van der Waals surface area contributed by atoms with E-state index in [4.69, 9.17) is 18.9 Å². The van der Waals surface area contributed by atoms with Crippen LogP contribution in [0.4, 0.5) is 5.69 Å². The summed E-state index contributed by atoms with van der Waals surface area (Å²) in [6.45, 7) is 4.41. The van der Waals surface area contributed by atoms with Gasteiger partial charge in [0.15, 0.2) is 18.0 Å². The molecule has 2 aromatic rings. The number of hydrogen-bond acceptors (Lipinski definition) is 6. The van der Waals surface area contributed by atoms with Gasteiger partial charge in [0.2, 0.25) is 5.75 Å². The van der Waals surface area contributed by atoms with Crippen LogP contribution in [0.1, 0.15) is 5.56 Å². The van der Waals surface area contributed by atoms with Gasteiger partial charge in [0.05, 0.1) is 60.3 Å². The van der Waals surface area contributed by atoms with Gasteiger partial charge in [-0.25, -0.2) is 0 Å². The van der Waals surface area contributed by atoms with E-state index in [1.807, 2.05) is 30.3 Å². The van der Waals surface area contributed by atoms with Crippen molar-refractivity contribution < 1.29 is 28.6 Å². The van der Waals surface area contributed by atoms with Gasteiger partial charge in [-0.1, -0.05) is 12.1 Å². The molecule has 1 amide bonds. The summed E-state index contributed by atoms with van der Waals surface area (Å²) in [4.78, 5) is 16.1. The van der Waals surface area contributed by atoms with Gasteiger partial charge in [-0.3, -0.25) is 4.79 Å². The number of amides is 1. The third-order valence-corrected chi connectivity index (χ3v) is 5.52. The Morgan fingerprint density at radius 2 is 1.55 bits per heavy atom. The van der Waals surface area contributed by atoms with Crippen molar-refractivity contribution in [1.29, 1.82) is 0 Å². The number of hydrogen-bond donors (Lipinski definition) is 2. The van der Waals surface area contributed by atoms with Gasteiger partial charge in [-0.05, 0) is 29.8 Å². The number of carbonyl (C=O) groups excluding carboxylic acids is 1. The summed E-state index contributed by atoms with van der Waals surface area (Å²) in [5, 5.41) is 3.00. The maximum atomic E-state index is 12.5. The molecule has 8 heteroatoms. The molecule has 2 N–H and O–H groups in total. The molecule has 0 atom stereocenters. The molecule has 0 bridgehead atoms. The van der Waals surface area contributed by atoms with Crippen molar-refractivity contribution in [3.8, 4) is 23.0 Å². The number of benzene rings is 2. The van der Waals surface area contributed by atoms with Gasteiger partial charge >= 0.3 is 0 Å². The molecule has 2 aromatic carbocycles. The predicted octanol–water partition coefficient (Wildman–Crippen LogP) is 0.742. The minimum absolute atomic E-state index is 0.0227. The fourth-order valence-corrected chi connectivity index (χ4v) is 3.86. The zero-order valence-corrected chi connectivity index (χ0v) is 18.7. The molecule has 1 aliphatic heterocycles. The molecule has 0 saturated carbocycles. The summed E-state index contributed by atoms with van der Waals surface area (Å²) in [5.74, 6) is 2.59. The number of nitrogens with zero attached hydrogens (tertiary/aromatic N) is 1. The molecular weight excluding hydrogens is 398 g/mol. The molecular formula is C23H32N3O5+. The van der Waals surface area contributed by atoms with E-state index in [-0.39, 0.29) is 5.91 Å². The SMILES string of the molecule is COc1ccccc1N1CC[NH+](CC(=O)NCc2cc(OC)c(OC)c(OC)c2)CC1. The minimum Gasteiger partial charge on any atom is -0.495 e. The highest BCUT2D eigenvalue weighted by Crippen LogP contribution is 2.38. The van der Waals surface area contributed by atoms with E-state index in [0.717, 1.165) is 43.2 Å². The number of nitrogens with one attached hydrogen (secondary N) is 2. The Morgan fingerprint density at radius 3 is 2.13 bits per heavy atom. The Labute approximate surface area is 183 Å². The molecule has 8 nitrogen and oxygen atoms in total. The zero-order chi connectivity index (χ0) is 22.2. The highest BCUT2D eigenvalue weighted by molar-refractivity contribution is 5.76. The monoisotopic (exact) mass is 430 g/mol. The summed E-state index contributed by atoms with van der Waals surface area (Å²) in [5.41, 5.74) is 2.00. The van der Waals surface area contributed by atoms with Gasteiger partial charge in [-0.15, -0.1) is 0 Å². The second kappa shape index (κ2) is 10.8. The number of piperazine rings is 1.